The molecule has 1 aromatic carbocycles. The summed E-state index contributed by atoms with van der Waals surface area (Å²) in [6, 6.07) is 5.30. The van der Waals surface area contributed by atoms with Crippen molar-refractivity contribution in [1.82, 2.24) is 15.2 Å². The lowest BCUT2D eigenvalue weighted by Crippen LogP contribution is -2.40. The van der Waals surface area contributed by atoms with Crippen LogP contribution in [0.15, 0.2) is 34.3 Å². The molecule has 0 aliphatic carbocycles. The highest BCUT2D eigenvalue weighted by Crippen LogP contribution is 2.30. The van der Waals surface area contributed by atoms with Gasteiger partial charge in [-0.25, -0.2) is 4.79 Å². The molecule has 1 aliphatic heterocycles. The summed E-state index contributed by atoms with van der Waals surface area (Å²) in [6.45, 7) is 8.65. The number of furan rings is 1. The lowest BCUT2D eigenvalue weighted by Gasteiger charge is -2.24. The normalized spacial score (nSPS) is 16.4. The van der Waals surface area contributed by atoms with Gasteiger partial charge in [0, 0.05) is 30.7 Å². The molecule has 0 radical (unpaired) electrons. The Labute approximate surface area is 190 Å². The Bertz CT molecular complexity index is 1120. The van der Waals surface area contributed by atoms with Crippen LogP contribution in [0.3, 0.4) is 0 Å². The molecule has 8 nitrogen and oxygen atoms in total. The van der Waals surface area contributed by atoms with Gasteiger partial charge in [-0.2, -0.15) is 0 Å². The number of nitrogens with zero attached hydrogens (tertiary/aromatic N) is 2. The molecular weight excluding hydrogens is 430 g/mol. The summed E-state index contributed by atoms with van der Waals surface area (Å²) in [4.78, 5) is 32.1. The summed E-state index contributed by atoms with van der Waals surface area (Å²) >= 11 is 1.52. The lowest BCUT2D eigenvalue weighted by molar-refractivity contribution is 0.0290. The number of nitrogens with one attached hydrogen (secondary N) is 1. The third-order valence-electron chi connectivity index (χ3n) is 5.10. The van der Waals surface area contributed by atoms with Crippen molar-refractivity contribution < 1.29 is 23.5 Å². The van der Waals surface area contributed by atoms with Crippen molar-refractivity contribution in [3.63, 3.8) is 0 Å². The number of likely N-dealkylation sites (tertiary alicyclic amines) is 1. The molecule has 32 heavy (non-hydrogen) atoms. The fraction of sp³-hybridized carbons (Fsp3) is 0.435. The smallest absolute Gasteiger partial charge is 0.410 e. The predicted molar refractivity (Wildman–Crippen MR) is 121 cm³/mol. The largest absolute Gasteiger partial charge is 0.488 e. The number of benzene rings is 1. The zero-order chi connectivity index (χ0) is 22.9. The summed E-state index contributed by atoms with van der Waals surface area (Å²) in [5.74, 6) is 0.966. The summed E-state index contributed by atoms with van der Waals surface area (Å²) in [5, 5.41) is 3.74. The first kappa shape index (κ1) is 22.1. The minimum absolute atomic E-state index is 0.148. The number of aromatic nitrogens is 1. The number of ether oxygens (including phenoxy) is 2. The molecule has 1 aliphatic rings. The average Bonchev–Trinajstić information content (AvgIpc) is 3.44. The molecule has 1 atom stereocenters. The minimum atomic E-state index is -0.551. The fourth-order valence-corrected chi connectivity index (χ4v) is 4.17. The molecule has 1 fully saturated rings. The zero-order valence-electron chi connectivity index (χ0n) is 18.6. The van der Waals surface area contributed by atoms with Crippen LogP contribution in [0.2, 0.25) is 0 Å². The molecule has 1 unspecified atom stereocenters. The number of carbonyl (C=O) groups excluding carboxylic acids is 2. The van der Waals surface area contributed by atoms with Gasteiger partial charge >= 0.3 is 6.09 Å². The van der Waals surface area contributed by atoms with Gasteiger partial charge in [0.25, 0.3) is 5.91 Å². The van der Waals surface area contributed by atoms with Gasteiger partial charge in [0.2, 0.25) is 0 Å². The van der Waals surface area contributed by atoms with E-state index in [-0.39, 0.29) is 18.0 Å². The van der Waals surface area contributed by atoms with Gasteiger partial charge in [0.15, 0.2) is 0 Å². The van der Waals surface area contributed by atoms with Gasteiger partial charge in [0.05, 0.1) is 16.0 Å². The van der Waals surface area contributed by atoms with Gasteiger partial charge < -0.3 is 24.1 Å². The van der Waals surface area contributed by atoms with Gasteiger partial charge in [-0.15, -0.1) is 11.3 Å². The molecule has 1 N–H and O–H groups in total. The standard InChI is InChI=1S/C23H27N3O5S/c1-14-20(21(27)25-15-7-8-26(11-15)22(28)31-23(2,3)4)18-9-16(5-6-19(18)30-14)29-12-17-10-24-13-32-17/h5-6,9-10,13,15H,7-8,11-12H2,1-4H3,(H,25,27). The van der Waals surface area contributed by atoms with Crippen LogP contribution < -0.4 is 10.1 Å². The number of amides is 2. The number of hydrogen-bond donors (Lipinski definition) is 1. The summed E-state index contributed by atoms with van der Waals surface area (Å²) in [7, 11) is 0. The number of hydrogen-bond acceptors (Lipinski definition) is 7. The molecule has 0 spiro atoms. The second kappa shape index (κ2) is 8.82. The SMILES string of the molecule is Cc1oc2ccc(OCc3cncs3)cc2c1C(=O)NC1CCN(C(=O)OC(C)(C)C)C1. The summed E-state index contributed by atoms with van der Waals surface area (Å²) in [5.41, 5.74) is 2.32. The number of rotatable bonds is 5. The van der Waals surface area contributed by atoms with Crippen molar-refractivity contribution in [2.75, 3.05) is 13.1 Å². The van der Waals surface area contributed by atoms with Gasteiger partial charge in [-0.05, 0) is 52.3 Å². The van der Waals surface area contributed by atoms with E-state index in [0.29, 0.717) is 54.2 Å². The Morgan fingerprint density at radius 2 is 2.16 bits per heavy atom. The first-order valence-electron chi connectivity index (χ1n) is 10.5. The molecule has 0 bridgehead atoms. The Balaban J connectivity index is 1.44. The Morgan fingerprint density at radius 3 is 2.88 bits per heavy atom. The summed E-state index contributed by atoms with van der Waals surface area (Å²) in [6.07, 6.45) is 2.08. The predicted octanol–water partition coefficient (Wildman–Crippen LogP) is 4.52. The molecule has 2 aromatic heterocycles. The van der Waals surface area contributed by atoms with E-state index in [1.807, 2.05) is 32.9 Å². The van der Waals surface area contributed by atoms with Crippen molar-refractivity contribution in [3.8, 4) is 5.75 Å². The van der Waals surface area contributed by atoms with Crippen molar-refractivity contribution >= 4 is 34.3 Å². The molecule has 4 rings (SSSR count). The molecule has 1 saturated heterocycles. The lowest BCUT2D eigenvalue weighted by atomic mass is 10.1. The molecular formula is C23H27N3O5S. The molecule has 2 amide bonds. The zero-order valence-corrected chi connectivity index (χ0v) is 19.5. The van der Waals surface area contributed by atoms with Crippen LogP contribution in [-0.2, 0) is 11.3 Å². The summed E-state index contributed by atoms with van der Waals surface area (Å²) < 4.78 is 17.1. The van der Waals surface area contributed by atoms with Crippen LogP contribution >= 0.6 is 11.3 Å². The maximum absolute atomic E-state index is 13.1. The molecule has 9 heteroatoms. The van der Waals surface area contributed by atoms with E-state index < -0.39 is 5.60 Å². The van der Waals surface area contributed by atoms with Crippen LogP contribution in [0.1, 0.15) is 48.2 Å². The first-order valence-corrected chi connectivity index (χ1v) is 11.4. The maximum Gasteiger partial charge on any atom is 0.410 e. The van der Waals surface area contributed by atoms with Crippen LogP contribution in [0.25, 0.3) is 11.0 Å². The minimum Gasteiger partial charge on any atom is -0.488 e. The third kappa shape index (κ3) is 5.04. The van der Waals surface area contributed by atoms with Crippen LogP contribution in [0, 0.1) is 6.92 Å². The van der Waals surface area contributed by atoms with Gasteiger partial charge in [-0.1, -0.05) is 0 Å². The number of thiazole rings is 1. The highest BCUT2D eigenvalue weighted by molar-refractivity contribution is 7.09. The van der Waals surface area contributed by atoms with Crippen LogP contribution in [-0.4, -0.2) is 46.6 Å². The monoisotopic (exact) mass is 457 g/mol. The topological polar surface area (TPSA) is 93.9 Å². The van der Waals surface area contributed by atoms with E-state index in [1.54, 1.807) is 29.6 Å². The van der Waals surface area contributed by atoms with Gasteiger partial charge in [0.1, 0.15) is 29.3 Å². The molecule has 3 aromatic rings. The fourth-order valence-electron chi connectivity index (χ4n) is 3.67. The molecule has 0 saturated carbocycles. The van der Waals surface area contributed by atoms with Crippen molar-refractivity contribution in [1.29, 1.82) is 0 Å². The molecule has 3 heterocycles. The number of carbonyl (C=O) groups is 2. The van der Waals surface area contributed by atoms with E-state index in [4.69, 9.17) is 13.9 Å². The second-order valence-electron chi connectivity index (χ2n) is 8.83. The van der Waals surface area contributed by atoms with Crippen molar-refractivity contribution in [2.45, 2.75) is 52.4 Å². The van der Waals surface area contributed by atoms with Crippen LogP contribution in [0.4, 0.5) is 4.79 Å². The highest BCUT2D eigenvalue weighted by Gasteiger charge is 2.31. The Hall–Kier alpha value is -3.07. The van der Waals surface area contributed by atoms with Gasteiger partial charge in [-0.3, -0.25) is 9.78 Å². The van der Waals surface area contributed by atoms with E-state index in [9.17, 15) is 9.59 Å². The van der Waals surface area contributed by atoms with E-state index in [1.165, 1.54) is 11.3 Å². The van der Waals surface area contributed by atoms with Crippen molar-refractivity contribution in [2.24, 2.45) is 0 Å². The third-order valence-corrected chi connectivity index (χ3v) is 5.86. The first-order chi connectivity index (χ1) is 15.2. The van der Waals surface area contributed by atoms with E-state index >= 15 is 0 Å². The quantitative estimate of drug-likeness (QED) is 0.606. The van der Waals surface area contributed by atoms with E-state index in [2.05, 4.69) is 10.3 Å². The highest BCUT2D eigenvalue weighted by atomic mass is 32.1. The Morgan fingerprint density at radius 1 is 1.34 bits per heavy atom. The maximum atomic E-state index is 13.1. The number of aryl methyl sites for hydroxylation is 1. The number of fused-ring (bicyclic) bond motifs is 1. The van der Waals surface area contributed by atoms with E-state index in [0.717, 1.165) is 4.88 Å². The Kier molecular flexibility index (Phi) is 6.10. The molecule has 170 valence electrons. The van der Waals surface area contributed by atoms with Crippen molar-refractivity contribution in [3.05, 3.63) is 46.1 Å². The second-order valence-corrected chi connectivity index (χ2v) is 9.80. The van der Waals surface area contributed by atoms with Crippen LogP contribution in [0.5, 0.6) is 5.75 Å². The average molecular weight is 458 g/mol.